The maximum absolute atomic E-state index is 5.83. The average Bonchev–Trinajstić information content (AvgIpc) is 1.90. The molecule has 1 aliphatic heterocycles. The summed E-state index contributed by atoms with van der Waals surface area (Å²) in [4.78, 5) is 0. The molecule has 2 unspecified atom stereocenters. The van der Waals surface area contributed by atoms with E-state index in [0.29, 0.717) is 0 Å². The summed E-state index contributed by atoms with van der Waals surface area (Å²) in [5.74, 6) is 0.875. The molecule has 1 fully saturated rings. The molecule has 0 spiro atoms. The van der Waals surface area contributed by atoms with Gasteiger partial charge in [-0.1, -0.05) is 13.3 Å². The lowest BCUT2D eigenvalue weighted by molar-refractivity contribution is 0.350. The highest BCUT2D eigenvalue weighted by atomic mass is 35.5. The van der Waals surface area contributed by atoms with E-state index in [2.05, 4.69) is 12.2 Å². The van der Waals surface area contributed by atoms with E-state index in [0.717, 1.165) is 18.9 Å². The van der Waals surface area contributed by atoms with E-state index in [-0.39, 0.29) is 5.50 Å². The van der Waals surface area contributed by atoms with E-state index in [9.17, 15) is 0 Å². The molecule has 2 heteroatoms. The summed E-state index contributed by atoms with van der Waals surface area (Å²) in [7, 11) is 0. The highest BCUT2D eigenvalue weighted by Gasteiger charge is 2.16. The van der Waals surface area contributed by atoms with E-state index >= 15 is 0 Å². The molecule has 0 aromatic carbocycles. The maximum Gasteiger partial charge on any atom is 0.0825 e. The van der Waals surface area contributed by atoms with Crippen LogP contribution in [0.5, 0.6) is 0 Å². The molecule has 0 aliphatic carbocycles. The van der Waals surface area contributed by atoms with Gasteiger partial charge < -0.3 is 5.32 Å². The second kappa shape index (κ2) is 3.43. The van der Waals surface area contributed by atoms with E-state index < -0.39 is 0 Å². The van der Waals surface area contributed by atoms with E-state index in [1.807, 2.05) is 0 Å². The Morgan fingerprint density at radius 3 is 2.78 bits per heavy atom. The van der Waals surface area contributed by atoms with Gasteiger partial charge in [0, 0.05) is 0 Å². The molecule has 0 aromatic rings. The summed E-state index contributed by atoms with van der Waals surface area (Å²) in [6.45, 7) is 3.35. The van der Waals surface area contributed by atoms with Crippen LogP contribution in [0.1, 0.15) is 26.2 Å². The van der Waals surface area contributed by atoms with Gasteiger partial charge in [-0.15, -0.1) is 11.6 Å². The number of halogens is 1. The third kappa shape index (κ3) is 2.15. The third-order valence-electron chi connectivity index (χ3n) is 2.03. The zero-order chi connectivity index (χ0) is 6.69. The zero-order valence-electron chi connectivity index (χ0n) is 5.86. The van der Waals surface area contributed by atoms with E-state index in [4.69, 9.17) is 11.6 Å². The van der Waals surface area contributed by atoms with E-state index in [1.54, 1.807) is 0 Å². The second-order valence-electron chi connectivity index (χ2n) is 2.73. The monoisotopic (exact) mass is 147 g/mol. The first kappa shape index (κ1) is 7.36. The predicted octanol–water partition coefficient (Wildman–Crippen LogP) is 1.96. The Morgan fingerprint density at radius 2 is 2.33 bits per heavy atom. The van der Waals surface area contributed by atoms with Crippen molar-refractivity contribution in [2.45, 2.75) is 31.7 Å². The van der Waals surface area contributed by atoms with Crippen LogP contribution in [-0.4, -0.2) is 12.0 Å². The van der Waals surface area contributed by atoms with Crippen LogP contribution in [0.25, 0.3) is 0 Å². The average molecular weight is 148 g/mol. The normalized spacial score (nSPS) is 36.7. The molecule has 54 valence electrons. The summed E-state index contributed by atoms with van der Waals surface area (Å²) in [6.07, 6.45) is 3.73. The van der Waals surface area contributed by atoms with Gasteiger partial charge in [0.05, 0.1) is 5.50 Å². The van der Waals surface area contributed by atoms with Crippen molar-refractivity contribution in [3.8, 4) is 0 Å². The van der Waals surface area contributed by atoms with Crippen molar-refractivity contribution in [2.24, 2.45) is 5.92 Å². The molecule has 0 amide bonds. The standard InChI is InChI=1S/C7H14ClN/c1-2-6-3-4-7(8)9-5-6/h6-7,9H,2-5H2,1H3. The van der Waals surface area contributed by atoms with Crippen LogP contribution < -0.4 is 5.32 Å². The Bertz CT molecular complexity index is 77.0. The fraction of sp³-hybridized carbons (Fsp3) is 1.00. The van der Waals surface area contributed by atoms with Crippen molar-refractivity contribution in [1.82, 2.24) is 5.32 Å². The van der Waals surface area contributed by atoms with Crippen LogP contribution in [0.3, 0.4) is 0 Å². The van der Waals surface area contributed by atoms with Gasteiger partial charge in [-0.25, -0.2) is 0 Å². The van der Waals surface area contributed by atoms with Crippen LogP contribution in [0.15, 0.2) is 0 Å². The lowest BCUT2D eigenvalue weighted by Gasteiger charge is -2.24. The van der Waals surface area contributed by atoms with Crippen LogP contribution >= 0.6 is 11.6 Å². The van der Waals surface area contributed by atoms with Gasteiger partial charge in [-0.3, -0.25) is 0 Å². The summed E-state index contributed by atoms with van der Waals surface area (Å²) < 4.78 is 0. The van der Waals surface area contributed by atoms with Crippen LogP contribution in [0.2, 0.25) is 0 Å². The van der Waals surface area contributed by atoms with Gasteiger partial charge in [0.1, 0.15) is 0 Å². The number of hydrogen-bond acceptors (Lipinski definition) is 1. The first-order valence-corrected chi connectivity index (χ1v) is 4.14. The van der Waals surface area contributed by atoms with Gasteiger partial charge in [0.15, 0.2) is 0 Å². The van der Waals surface area contributed by atoms with Gasteiger partial charge >= 0.3 is 0 Å². The third-order valence-corrected chi connectivity index (χ3v) is 2.41. The summed E-state index contributed by atoms with van der Waals surface area (Å²) >= 11 is 5.83. The largest absolute Gasteiger partial charge is 0.301 e. The number of rotatable bonds is 1. The molecule has 1 rings (SSSR count). The quantitative estimate of drug-likeness (QED) is 0.442. The van der Waals surface area contributed by atoms with Crippen molar-refractivity contribution in [1.29, 1.82) is 0 Å². The number of piperidine rings is 1. The van der Waals surface area contributed by atoms with Gasteiger partial charge in [0.25, 0.3) is 0 Å². The highest BCUT2D eigenvalue weighted by Crippen LogP contribution is 2.18. The fourth-order valence-corrected chi connectivity index (χ4v) is 1.44. The first-order chi connectivity index (χ1) is 4.33. The van der Waals surface area contributed by atoms with Crippen molar-refractivity contribution in [3.05, 3.63) is 0 Å². The van der Waals surface area contributed by atoms with Crippen molar-refractivity contribution < 1.29 is 0 Å². The summed E-state index contributed by atoms with van der Waals surface area (Å²) in [5, 5.41) is 3.25. The number of alkyl halides is 1. The molecule has 0 bridgehead atoms. The molecular formula is C7H14ClN. The first-order valence-electron chi connectivity index (χ1n) is 3.70. The van der Waals surface area contributed by atoms with Crippen LogP contribution in [0, 0.1) is 5.92 Å². The van der Waals surface area contributed by atoms with Crippen molar-refractivity contribution >= 4 is 11.6 Å². The molecule has 0 aromatic heterocycles. The summed E-state index contributed by atoms with van der Waals surface area (Å²) in [5.41, 5.74) is 0.243. The minimum absolute atomic E-state index is 0.243. The molecule has 0 saturated carbocycles. The number of nitrogens with one attached hydrogen (secondary N) is 1. The fourth-order valence-electron chi connectivity index (χ4n) is 1.23. The van der Waals surface area contributed by atoms with E-state index in [1.165, 1.54) is 12.8 Å². The molecule has 2 atom stereocenters. The van der Waals surface area contributed by atoms with Crippen molar-refractivity contribution in [3.63, 3.8) is 0 Å². The predicted molar refractivity (Wildman–Crippen MR) is 40.7 cm³/mol. The summed E-state index contributed by atoms with van der Waals surface area (Å²) in [6, 6.07) is 0. The Kier molecular flexibility index (Phi) is 2.80. The smallest absolute Gasteiger partial charge is 0.0825 e. The maximum atomic E-state index is 5.83. The van der Waals surface area contributed by atoms with Crippen LogP contribution in [-0.2, 0) is 0 Å². The van der Waals surface area contributed by atoms with Gasteiger partial charge in [-0.2, -0.15) is 0 Å². The molecular weight excluding hydrogens is 134 g/mol. The molecule has 1 N–H and O–H groups in total. The Morgan fingerprint density at radius 1 is 1.56 bits per heavy atom. The lowest BCUT2D eigenvalue weighted by Crippen LogP contribution is -2.34. The Labute approximate surface area is 61.8 Å². The zero-order valence-corrected chi connectivity index (χ0v) is 6.62. The Balaban J connectivity index is 2.18. The Hall–Kier alpha value is 0.250. The minimum atomic E-state index is 0.243. The SMILES string of the molecule is CCC1CCC(Cl)NC1. The minimum Gasteiger partial charge on any atom is -0.301 e. The molecule has 0 radical (unpaired) electrons. The number of hydrogen-bond donors (Lipinski definition) is 1. The molecule has 1 heterocycles. The molecule has 1 aliphatic rings. The van der Waals surface area contributed by atoms with Gasteiger partial charge in [0.2, 0.25) is 0 Å². The second-order valence-corrected chi connectivity index (χ2v) is 3.25. The lowest BCUT2D eigenvalue weighted by atomic mass is 9.97. The highest BCUT2D eigenvalue weighted by molar-refractivity contribution is 6.20. The molecule has 1 saturated heterocycles. The van der Waals surface area contributed by atoms with Gasteiger partial charge in [-0.05, 0) is 25.3 Å². The van der Waals surface area contributed by atoms with Crippen LogP contribution in [0.4, 0.5) is 0 Å². The molecule has 1 nitrogen and oxygen atoms in total. The molecule has 9 heavy (non-hydrogen) atoms. The van der Waals surface area contributed by atoms with Crippen molar-refractivity contribution in [2.75, 3.05) is 6.54 Å². The topological polar surface area (TPSA) is 12.0 Å².